The summed E-state index contributed by atoms with van der Waals surface area (Å²) in [5, 5.41) is 6.69. The van der Waals surface area contributed by atoms with Crippen LogP contribution in [0.1, 0.15) is 21.6 Å². The number of hydrogen-bond donors (Lipinski definition) is 1. The van der Waals surface area contributed by atoms with Crippen molar-refractivity contribution in [2.45, 2.75) is 18.7 Å². The van der Waals surface area contributed by atoms with Gasteiger partial charge in [0.1, 0.15) is 5.69 Å². The van der Waals surface area contributed by atoms with Crippen molar-refractivity contribution in [3.05, 3.63) is 41.2 Å². The fraction of sp³-hybridized carbons (Fsp3) is 0.231. The van der Waals surface area contributed by atoms with Crippen molar-refractivity contribution in [2.75, 3.05) is 5.32 Å². The fourth-order valence-corrected chi connectivity index (χ4v) is 2.94. The van der Waals surface area contributed by atoms with Gasteiger partial charge in [0.2, 0.25) is 0 Å². The highest BCUT2D eigenvalue weighted by atomic mass is 35.7. The van der Waals surface area contributed by atoms with Gasteiger partial charge in [-0.3, -0.25) is 9.48 Å². The van der Waals surface area contributed by atoms with Crippen molar-refractivity contribution in [2.24, 2.45) is 7.05 Å². The van der Waals surface area contributed by atoms with Crippen LogP contribution in [0.4, 0.5) is 5.69 Å². The van der Waals surface area contributed by atoms with Gasteiger partial charge >= 0.3 is 0 Å². The van der Waals surface area contributed by atoms with Crippen LogP contribution in [0.15, 0.2) is 29.3 Å². The first-order chi connectivity index (χ1) is 9.70. The van der Waals surface area contributed by atoms with E-state index in [1.165, 1.54) is 23.0 Å². The Bertz CT molecular complexity index is 789. The van der Waals surface area contributed by atoms with Crippen LogP contribution in [-0.4, -0.2) is 24.1 Å². The lowest BCUT2D eigenvalue weighted by molar-refractivity contribution is 0.101. The molecule has 0 aliphatic carbocycles. The van der Waals surface area contributed by atoms with Crippen LogP contribution in [0.2, 0.25) is 0 Å². The number of anilines is 1. The zero-order valence-electron chi connectivity index (χ0n) is 11.7. The lowest BCUT2D eigenvalue weighted by Gasteiger charge is -2.13. The second-order valence-electron chi connectivity index (χ2n) is 4.66. The van der Waals surface area contributed by atoms with E-state index in [0.717, 1.165) is 0 Å². The van der Waals surface area contributed by atoms with Gasteiger partial charge in [-0.25, -0.2) is 8.42 Å². The summed E-state index contributed by atoms with van der Waals surface area (Å²) in [5.74, 6) is -0.317. The Morgan fingerprint density at radius 3 is 2.29 bits per heavy atom. The number of amides is 1. The minimum absolute atomic E-state index is 0.0118. The van der Waals surface area contributed by atoms with Crippen LogP contribution in [0.3, 0.4) is 0 Å². The number of hydrogen-bond acceptors (Lipinski definition) is 4. The van der Waals surface area contributed by atoms with E-state index in [2.05, 4.69) is 10.4 Å². The summed E-state index contributed by atoms with van der Waals surface area (Å²) < 4.78 is 24.2. The summed E-state index contributed by atoms with van der Waals surface area (Å²) >= 11 is 0. The second-order valence-corrected chi connectivity index (χ2v) is 7.23. The van der Waals surface area contributed by atoms with Crippen LogP contribution in [0.5, 0.6) is 0 Å². The molecule has 0 atom stereocenters. The molecule has 0 bridgehead atoms. The minimum Gasteiger partial charge on any atom is -0.320 e. The Morgan fingerprint density at radius 1 is 1.29 bits per heavy atom. The molecule has 6 nitrogen and oxygen atoms in total. The third-order valence-corrected chi connectivity index (χ3v) is 4.41. The van der Waals surface area contributed by atoms with Gasteiger partial charge in [-0.2, -0.15) is 5.10 Å². The third kappa shape index (κ3) is 3.25. The van der Waals surface area contributed by atoms with Crippen LogP contribution in [-0.2, 0) is 16.1 Å². The highest BCUT2D eigenvalue weighted by Crippen LogP contribution is 2.26. The van der Waals surface area contributed by atoms with Crippen molar-refractivity contribution < 1.29 is 13.2 Å². The number of benzene rings is 1. The van der Waals surface area contributed by atoms with E-state index in [1.54, 1.807) is 27.0 Å². The molecule has 0 spiro atoms. The number of carbonyl (C=O) groups excluding carboxylic acids is 1. The van der Waals surface area contributed by atoms with Crippen LogP contribution >= 0.6 is 10.7 Å². The van der Waals surface area contributed by atoms with Gasteiger partial charge in [-0.05, 0) is 43.2 Å². The fourth-order valence-electron chi connectivity index (χ4n) is 2.04. The average molecular weight is 328 g/mol. The summed E-state index contributed by atoms with van der Waals surface area (Å²) in [5.41, 5.74) is 2.20. The molecule has 2 aromatic rings. The van der Waals surface area contributed by atoms with Crippen molar-refractivity contribution >= 4 is 31.3 Å². The molecule has 1 aromatic carbocycles. The maximum Gasteiger partial charge on any atom is 0.273 e. The Hall–Kier alpha value is -1.86. The van der Waals surface area contributed by atoms with Gasteiger partial charge in [0.05, 0.1) is 4.90 Å². The van der Waals surface area contributed by atoms with E-state index in [4.69, 9.17) is 10.7 Å². The molecule has 1 amide bonds. The molecule has 2 rings (SSSR count). The normalized spacial score (nSPS) is 11.4. The number of aryl methyl sites for hydroxylation is 3. The number of aromatic nitrogens is 2. The molecule has 8 heteroatoms. The highest BCUT2D eigenvalue weighted by molar-refractivity contribution is 8.13. The Labute approximate surface area is 127 Å². The number of carbonyl (C=O) groups is 1. The molecular weight excluding hydrogens is 314 g/mol. The van der Waals surface area contributed by atoms with Gasteiger partial charge in [0, 0.05) is 29.6 Å². The monoisotopic (exact) mass is 327 g/mol. The number of rotatable bonds is 3. The number of nitrogens with one attached hydrogen (secondary N) is 1. The first-order valence-electron chi connectivity index (χ1n) is 6.05. The van der Waals surface area contributed by atoms with Crippen molar-refractivity contribution in [3.63, 3.8) is 0 Å². The summed E-state index contributed by atoms with van der Waals surface area (Å²) in [6.07, 6.45) is 1.53. The molecule has 112 valence electrons. The van der Waals surface area contributed by atoms with Gasteiger partial charge in [-0.1, -0.05) is 0 Å². The maximum atomic E-state index is 12.2. The molecule has 21 heavy (non-hydrogen) atoms. The second kappa shape index (κ2) is 5.50. The summed E-state index contributed by atoms with van der Waals surface area (Å²) in [4.78, 5) is 12.2. The van der Waals surface area contributed by atoms with Gasteiger partial charge < -0.3 is 5.32 Å². The lowest BCUT2D eigenvalue weighted by atomic mass is 10.1. The van der Waals surface area contributed by atoms with E-state index in [1.807, 2.05) is 0 Å². The first-order valence-corrected chi connectivity index (χ1v) is 8.36. The van der Waals surface area contributed by atoms with E-state index in [0.29, 0.717) is 22.5 Å². The van der Waals surface area contributed by atoms with Crippen LogP contribution in [0, 0.1) is 13.8 Å². The largest absolute Gasteiger partial charge is 0.320 e. The number of nitrogens with zero attached hydrogens (tertiary/aromatic N) is 2. The molecule has 0 aliphatic heterocycles. The molecule has 0 saturated heterocycles. The smallest absolute Gasteiger partial charge is 0.273 e. The van der Waals surface area contributed by atoms with Crippen molar-refractivity contribution in [1.29, 1.82) is 0 Å². The van der Waals surface area contributed by atoms with Gasteiger partial charge in [0.25, 0.3) is 15.0 Å². The Morgan fingerprint density at radius 2 is 1.86 bits per heavy atom. The molecular formula is C13H14ClN3O3S. The minimum atomic E-state index is -3.80. The number of halogens is 1. The molecule has 0 aliphatic rings. The average Bonchev–Trinajstić information content (AvgIpc) is 2.78. The van der Waals surface area contributed by atoms with E-state index in [-0.39, 0.29) is 10.8 Å². The molecule has 1 heterocycles. The predicted octanol–water partition coefficient (Wildman–Crippen LogP) is 2.22. The van der Waals surface area contributed by atoms with Gasteiger partial charge in [0.15, 0.2) is 0 Å². The van der Waals surface area contributed by atoms with E-state index in [9.17, 15) is 13.2 Å². The van der Waals surface area contributed by atoms with Crippen LogP contribution in [0.25, 0.3) is 0 Å². The highest BCUT2D eigenvalue weighted by Gasteiger charge is 2.17. The molecule has 1 aromatic heterocycles. The van der Waals surface area contributed by atoms with E-state index >= 15 is 0 Å². The molecule has 1 N–H and O–H groups in total. The summed E-state index contributed by atoms with van der Waals surface area (Å²) in [7, 11) is 3.20. The molecule has 0 unspecified atom stereocenters. The topological polar surface area (TPSA) is 81.1 Å². The molecule has 0 radical (unpaired) electrons. The van der Waals surface area contributed by atoms with Gasteiger partial charge in [-0.15, -0.1) is 0 Å². The SMILES string of the molecule is Cc1cc(S(=O)(=O)Cl)cc(C)c1NC(=O)c1ccnn1C. The zero-order chi connectivity index (χ0) is 15.8. The summed E-state index contributed by atoms with van der Waals surface area (Å²) in [6, 6.07) is 4.44. The van der Waals surface area contributed by atoms with E-state index < -0.39 is 9.05 Å². The molecule has 0 saturated carbocycles. The summed E-state index contributed by atoms with van der Waals surface area (Å²) in [6.45, 7) is 3.41. The van der Waals surface area contributed by atoms with Crippen LogP contribution < -0.4 is 5.32 Å². The van der Waals surface area contributed by atoms with Crippen molar-refractivity contribution in [1.82, 2.24) is 9.78 Å². The lowest BCUT2D eigenvalue weighted by Crippen LogP contribution is -2.17. The Kier molecular flexibility index (Phi) is 4.06. The first kappa shape index (κ1) is 15.5. The predicted molar refractivity (Wildman–Crippen MR) is 80.1 cm³/mol. The standard InChI is InChI=1S/C13H14ClN3O3S/c1-8-6-10(21(14,19)20)7-9(2)12(8)16-13(18)11-4-5-15-17(11)3/h4-7H,1-3H3,(H,16,18). The zero-order valence-corrected chi connectivity index (χ0v) is 13.3. The third-order valence-electron chi connectivity index (χ3n) is 3.08. The quantitative estimate of drug-likeness (QED) is 0.876. The maximum absolute atomic E-state index is 12.2. The molecule has 0 fully saturated rings. The van der Waals surface area contributed by atoms with Crippen molar-refractivity contribution in [3.8, 4) is 0 Å². The Balaban J connectivity index is 2.38.